The van der Waals surface area contributed by atoms with Crippen molar-refractivity contribution in [3.8, 4) is 0 Å². The van der Waals surface area contributed by atoms with E-state index >= 15 is 0 Å². The zero-order valence-corrected chi connectivity index (χ0v) is 13.2. The van der Waals surface area contributed by atoms with E-state index in [9.17, 15) is 4.39 Å². The van der Waals surface area contributed by atoms with Gasteiger partial charge in [-0.05, 0) is 20.0 Å². The van der Waals surface area contributed by atoms with Gasteiger partial charge in [0.15, 0.2) is 0 Å². The lowest BCUT2D eigenvalue weighted by molar-refractivity contribution is 0.259. The average molecular weight is 313 g/mol. The Balaban J connectivity index is 1.94. The van der Waals surface area contributed by atoms with Crippen LogP contribution in [0.25, 0.3) is 0 Å². The predicted octanol–water partition coefficient (Wildman–Crippen LogP) is 4.26. The number of rotatable bonds is 6. The van der Waals surface area contributed by atoms with E-state index < -0.39 is 0 Å². The second kappa shape index (κ2) is 7.16. The maximum absolute atomic E-state index is 13.8. The molecule has 20 heavy (non-hydrogen) atoms. The molecule has 0 bridgehead atoms. The number of aromatic nitrogens is 1. The topological polar surface area (TPSA) is 16.1 Å². The lowest BCUT2D eigenvalue weighted by Gasteiger charge is -2.25. The fourth-order valence-electron chi connectivity index (χ4n) is 2.04. The van der Waals surface area contributed by atoms with E-state index in [1.165, 1.54) is 6.07 Å². The molecule has 0 N–H and O–H groups in total. The normalized spacial score (nSPS) is 12.8. The number of nitrogens with zero attached hydrogens (tertiary/aromatic N) is 2. The molecule has 0 aliphatic heterocycles. The van der Waals surface area contributed by atoms with E-state index in [1.807, 2.05) is 31.5 Å². The van der Waals surface area contributed by atoms with Crippen LogP contribution in [0.15, 0.2) is 29.6 Å². The summed E-state index contributed by atoms with van der Waals surface area (Å²) in [5, 5.41) is 3.07. The largest absolute Gasteiger partial charge is 0.299 e. The Labute approximate surface area is 128 Å². The highest BCUT2D eigenvalue weighted by Crippen LogP contribution is 2.22. The zero-order chi connectivity index (χ0) is 14.5. The van der Waals surface area contributed by atoms with Gasteiger partial charge in [-0.3, -0.25) is 4.90 Å². The molecule has 0 saturated heterocycles. The van der Waals surface area contributed by atoms with Crippen molar-refractivity contribution in [2.24, 2.45) is 0 Å². The molecule has 0 aliphatic rings. The van der Waals surface area contributed by atoms with Gasteiger partial charge in [0.1, 0.15) is 5.82 Å². The maximum Gasteiger partial charge on any atom is 0.127 e. The van der Waals surface area contributed by atoms with Gasteiger partial charge in [-0.15, -0.1) is 22.9 Å². The van der Waals surface area contributed by atoms with Crippen LogP contribution >= 0.6 is 22.9 Å². The number of likely N-dealkylation sites (N-methyl/N-ethyl adjacent to an activating group) is 1. The van der Waals surface area contributed by atoms with Gasteiger partial charge in [-0.1, -0.05) is 18.2 Å². The van der Waals surface area contributed by atoms with Crippen LogP contribution in [0.4, 0.5) is 4.39 Å². The predicted molar refractivity (Wildman–Crippen MR) is 82.8 cm³/mol. The average Bonchev–Trinajstić information content (AvgIpc) is 2.92. The van der Waals surface area contributed by atoms with Gasteiger partial charge in [-0.2, -0.15) is 0 Å². The summed E-state index contributed by atoms with van der Waals surface area (Å²) >= 11 is 7.37. The Hall–Kier alpha value is -0.970. The molecule has 0 radical (unpaired) electrons. The Morgan fingerprint density at radius 1 is 1.40 bits per heavy atom. The second-order valence-corrected chi connectivity index (χ2v) is 6.00. The van der Waals surface area contributed by atoms with Crippen LogP contribution in [0.5, 0.6) is 0 Å². The minimum atomic E-state index is -0.148. The molecule has 0 amide bonds. The Morgan fingerprint density at radius 2 is 2.15 bits per heavy atom. The minimum absolute atomic E-state index is 0.0451. The van der Waals surface area contributed by atoms with E-state index in [-0.39, 0.29) is 11.9 Å². The number of hydrogen-bond acceptors (Lipinski definition) is 3. The zero-order valence-electron chi connectivity index (χ0n) is 11.6. The molecule has 0 spiro atoms. The highest BCUT2D eigenvalue weighted by Gasteiger charge is 2.15. The molecule has 2 aromatic rings. The molecule has 0 fully saturated rings. The van der Waals surface area contributed by atoms with Crippen molar-refractivity contribution in [3.05, 3.63) is 51.7 Å². The van der Waals surface area contributed by atoms with Crippen molar-refractivity contribution in [1.29, 1.82) is 0 Å². The number of thiazole rings is 1. The summed E-state index contributed by atoms with van der Waals surface area (Å²) in [5.74, 6) is 0.309. The first-order chi connectivity index (χ1) is 9.61. The van der Waals surface area contributed by atoms with Gasteiger partial charge < -0.3 is 0 Å². The Kier molecular flexibility index (Phi) is 5.52. The van der Waals surface area contributed by atoms with Crippen LogP contribution in [0.3, 0.4) is 0 Å². The SMILES string of the molecule is CC(c1ccccc1F)N(C)CCc1nc(CCl)cs1. The standard InChI is InChI=1S/C15H18ClFN2S/c1-11(13-5-3-4-6-14(13)17)19(2)8-7-15-18-12(9-16)10-20-15/h3-6,10-11H,7-9H2,1-2H3. The second-order valence-electron chi connectivity index (χ2n) is 4.79. The summed E-state index contributed by atoms with van der Waals surface area (Å²) in [6.45, 7) is 2.86. The highest BCUT2D eigenvalue weighted by molar-refractivity contribution is 7.09. The van der Waals surface area contributed by atoms with Crippen LogP contribution in [0, 0.1) is 5.82 Å². The fourth-order valence-corrected chi connectivity index (χ4v) is 3.06. The molecule has 2 rings (SSSR count). The molecule has 1 aromatic carbocycles. The third-order valence-electron chi connectivity index (χ3n) is 3.43. The third kappa shape index (κ3) is 3.78. The van der Waals surface area contributed by atoms with Crippen molar-refractivity contribution in [2.45, 2.75) is 25.3 Å². The molecule has 5 heteroatoms. The van der Waals surface area contributed by atoms with Gasteiger partial charge in [-0.25, -0.2) is 9.37 Å². The smallest absolute Gasteiger partial charge is 0.127 e. The minimum Gasteiger partial charge on any atom is -0.299 e. The van der Waals surface area contributed by atoms with Crippen molar-refractivity contribution >= 4 is 22.9 Å². The van der Waals surface area contributed by atoms with E-state index in [0.717, 1.165) is 29.2 Å². The summed E-state index contributed by atoms with van der Waals surface area (Å²) in [5.41, 5.74) is 1.66. The van der Waals surface area contributed by atoms with Crippen LogP contribution in [0.2, 0.25) is 0 Å². The first kappa shape index (κ1) is 15.4. The molecular formula is C15H18ClFN2S. The van der Waals surface area contributed by atoms with Crippen LogP contribution in [-0.4, -0.2) is 23.5 Å². The number of halogens is 2. The monoisotopic (exact) mass is 312 g/mol. The molecule has 108 valence electrons. The first-order valence-electron chi connectivity index (χ1n) is 6.55. The molecule has 1 heterocycles. The fraction of sp³-hybridized carbons (Fsp3) is 0.400. The van der Waals surface area contributed by atoms with Crippen molar-refractivity contribution < 1.29 is 4.39 Å². The lowest BCUT2D eigenvalue weighted by atomic mass is 10.1. The van der Waals surface area contributed by atoms with Gasteiger partial charge >= 0.3 is 0 Å². The molecule has 0 aliphatic carbocycles. The summed E-state index contributed by atoms with van der Waals surface area (Å²) < 4.78 is 13.8. The number of hydrogen-bond donors (Lipinski definition) is 0. The highest BCUT2D eigenvalue weighted by atomic mass is 35.5. The van der Waals surface area contributed by atoms with E-state index in [0.29, 0.717) is 5.88 Å². The lowest BCUT2D eigenvalue weighted by Crippen LogP contribution is -2.25. The van der Waals surface area contributed by atoms with Crippen LogP contribution in [0.1, 0.15) is 29.2 Å². The maximum atomic E-state index is 13.8. The number of alkyl halides is 1. The third-order valence-corrected chi connectivity index (χ3v) is 4.66. The molecule has 1 atom stereocenters. The van der Waals surface area contributed by atoms with Gasteiger partial charge in [0, 0.05) is 30.0 Å². The quantitative estimate of drug-likeness (QED) is 0.741. The van der Waals surface area contributed by atoms with E-state index in [4.69, 9.17) is 11.6 Å². The van der Waals surface area contributed by atoms with E-state index in [2.05, 4.69) is 9.88 Å². The molecule has 0 saturated carbocycles. The van der Waals surface area contributed by atoms with Gasteiger partial charge in [0.05, 0.1) is 16.6 Å². The van der Waals surface area contributed by atoms with Gasteiger partial charge in [0.25, 0.3) is 0 Å². The Morgan fingerprint density at radius 3 is 2.80 bits per heavy atom. The summed E-state index contributed by atoms with van der Waals surface area (Å²) in [6.07, 6.45) is 0.858. The first-order valence-corrected chi connectivity index (χ1v) is 7.97. The van der Waals surface area contributed by atoms with Gasteiger partial charge in [0.2, 0.25) is 0 Å². The van der Waals surface area contributed by atoms with E-state index in [1.54, 1.807) is 17.4 Å². The molecule has 2 nitrogen and oxygen atoms in total. The summed E-state index contributed by atoms with van der Waals surface area (Å²) in [4.78, 5) is 6.58. The molecular weight excluding hydrogens is 295 g/mol. The van der Waals surface area contributed by atoms with Crippen LogP contribution in [-0.2, 0) is 12.3 Å². The Bertz CT molecular complexity index is 558. The summed E-state index contributed by atoms with van der Waals surface area (Å²) in [7, 11) is 2.01. The van der Waals surface area contributed by atoms with Crippen molar-refractivity contribution in [1.82, 2.24) is 9.88 Å². The van der Waals surface area contributed by atoms with Crippen molar-refractivity contribution in [3.63, 3.8) is 0 Å². The van der Waals surface area contributed by atoms with Crippen LogP contribution < -0.4 is 0 Å². The molecule has 1 aromatic heterocycles. The van der Waals surface area contributed by atoms with Crippen molar-refractivity contribution in [2.75, 3.05) is 13.6 Å². The molecule has 1 unspecified atom stereocenters. The summed E-state index contributed by atoms with van der Waals surface area (Å²) in [6, 6.07) is 6.98. The number of benzene rings is 1.